The van der Waals surface area contributed by atoms with Crippen LogP contribution in [0.4, 0.5) is 13.6 Å². The zero-order valence-electron chi connectivity index (χ0n) is 14.5. The number of ether oxygens (including phenoxy) is 1. The number of imide groups is 1. The fraction of sp³-hybridized carbons (Fsp3) is 0.400. The Morgan fingerprint density at radius 3 is 2.41 bits per heavy atom. The Labute approximate surface area is 154 Å². The number of rotatable bonds is 8. The van der Waals surface area contributed by atoms with E-state index < -0.39 is 64.0 Å². The molecule has 0 fully saturated rings. The zero-order valence-corrected chi connectivity index (χ0v) is 15.4. The van der Waals surface area contributed by atoms with Gasteiger partial charge in [0, 0.05) is 12.6 Å². The molecule has 0 saturated heterocycles. The Bertz CT molecular complexity index is 814. The topological polar surface area (TPSA) is 131 Å². The molecular weight excluding hydrogens is 388 g/mol. The van der Waals surface area contributed by atoms with Gasteiger partial charge < -0.3 is 10.1 Å². The van der Waals surface area contributed by atoms with Crippen molar-refractivity contribution in [3.05, 3.63) is 29.8 Å². The SMILES string of the molecule is CC(C)NC(=O)NC(=O)COC(=O)CCNS(=O)(=O)c1ccc(F)c(F)c1. The molecule has 0 aromatic heterocycles. The first-order valence-electron chi connectivity index (χ1n) is 7.72. The van der Waals surface area contributed by atoms with Gasteiger partial charge >= 0.3 is 12.0 Å². The summed E-state index contributed by atoms with van der Waals surface area (Å²) < 4.78 is 56.3. The minimum Gasteiger partial charge on any atom is -0.456 e. The Balaban J connectivity index is 2.38. The lowest BCUT2D eigenvalue weighted by molar-refractivity contribution is -0.148. The number of hydrogen-bond donors (Lipinski definition) is 3. The second kappa shape index (κ2) is 9.92. The molecule has 0 aliphatic heterocycles. The van der Waals surface area contributed by atoms with E-state index in [9.17, 15) is 31.6 Å². The lowest BCUT2D eigenvalue weighted by Crippen LogP contribution is -2.44. The van der Waals surface area contributed by atoms with E-state index >= 15 is 0 Å². The third-order valence-electron chi connectivity index (χ3n) is 2.86. The molecule has 1 rings (SSSR count). The van der Waals surface area contributed by atoms with Crippen LogP contribution in [0.2, 0.25) is 0 Å². The van der Waals surface area contributed by atoms with Crippen molar-refractivity contribution in [2.45, 2.75) is 31.2 Å². The monoisotopic (exact) mass is 407 g/mol. The average Bonchev–Trinajstić information content (AvgIpc) is 2.54. The number of nitrogens with one attached hydrogen (secondary N) is 3. The molecular formula is C15H19F2N3O6S. The number of halogens is 2. The molecule has 0 heterocycles. The minimum atomic E-state index is -4.15. The standard InChI is InChI=1S/C15H19F2N3O6S/c1-9(2)19-15(23)20-13(21)8-26-14(22)5-6-18-27(24,25)10-3-4-11(16)12(17)7-10/h3-4,7,9,18H,5-6,8H2,1-2H3,(H2,19,20,21,23). The molecule has 0 saturated carbocycles. The van der Waals surface area contributed by atoms with Crippen LogP contribution in [0.15, 0.2) is 23.1 Å². The molecule has 0 unspecified atom stereocenters. The fourth-order valence-corrected chi connectivity index (χ4v) is 2.74. The van der Waals surface area contributed by atoms with Crippen LogP contribution < -0.4 is 15.4 Å². The van der Waals surface area contributed by atoms with E-state index in [4.69, 9.17) is 0 Å². The molecule has 12 heteroatoms. The van der Waals surface area contributed by atoms with Gasteiger partial charge in [0.1, 0.15) is 0 Å². The van der Waals surface area contributed by atoms with Crippen LogP contribution in [-0.4, -0.2) is 45.5 Å². The number of amides is 3. The van der Waals surface area contributed by atoms with E-state index in [1.807, 2.05) is 10.0 Å². The number of benzene rings is 1. The predicted octanol–water partition coefficient (Wildman–Crippen LogP) is 0.411. The summed E-state index contributed by atoms with van der Waals surface area (Å²) in [5.41, 5.74) is 0. The largest absolute Gasteiger partial charge is 0.456 e. The van der Waals surface area contributed by atoms with Crippen LogP contribution in [0, 0.1) is 11.6 Å². The van der Waals surface area contributed by atoms with Gasteiger partial charge in [-0.2, -0.15) is 0 Å². The van der Waals surface area contributed by atoms with Gasteiger partial charge in [-0.05, 0) is 32.0 Å². The van der Waals surface area contributed by atoms with E-state index in [0.717, 1.165) is 6.07 Å². The first-order valence-corrected chi connectivity index (χ1v) is 9.20. The molecule has 0 aliphatic carbocycles. The number of esters is 1. The first-order chi connectivity index (χ1) is 12.5. The van der Waals surface area contributed by atoms with Gasteiger partial charge in [0.25, 0.3) is 5.91 Å². The smallest absolute Gasteiger partial charge is 0.321 e. The minimum absolute atomic E-state index is 0.192. The summed E-state index contributed by atoms with van der Waals surface area (Å²) in [6.07, 6.45) is -0.422. The van der Waals surface area contributed by atoms with Crippen molar-refractivity contribution in [2.24, 2.45) is 0 Å². The van der Waals surface area contributed by atoms with Crippen LogP contribution >= 0.6 is 0 Å². The molecule has 0 atom stereocenters. The molecule has 27 heavy (non-hydrogen) atoms. The molecule has 0 aliphatic rings. The summed E-state index contributed by atoms with van der Waals surface area (Å²) in [7, 11) is -4.15. The fourth-order valence-electron chi connectivity index (χ4n) is 1.69. The molecule has 0 radical (unpaired) electrons. The van der Waals surface area contributed by atoms with Gasteiger partial charge in [-0.25, -0.2) is 26.7 Å². The van der Waals surface area contributed by atoms with Gasteiger partial charge in [0.15, 0.2) is 18.2 Å². The van der Waals surface area contributed by atoms with Crippen LogP contribution in [0.5, 0.6) is 0 Å². The normalized spacial score (nSPS) is 11.1. The average molecular weight is 407 g/mol. The molecule has 0 bridgehead atoms. The number of carbonyl (C=O) groups is 3. The molecule has 9 nitrogen and oxygen atoms in total. The van der Waals surface area contributed by atoms with Gasteiger partial charge in [0.05, 0.1) is 11.3 Å². The summed E-state index contributed by atoms with van der Waals surface area (Å²) in [6, 6.07) is 1.09. The van der Waals surface area contributed by atoms with Crippen molar-refractivity contribution in [1.29, 1.82) is 0 Å². The van der Waals surface area contributed by atoms with Crippen molar-refractivity contribution in [1.82, 2.24) is 15.4 Å². The second-order valence-electron chi connectivity index (χ2n) is 5.56. The number of urea groups is 1. The van der Waals surface area contributed by atoms with Crippen LogP contribution in [0.1, 0.15) is 20.3 Å². The van der Waals surface area contributed by atoms with Crippen LogP contribution in [0.3, 0.4) is 0 Å². The number of hydrogen-bond acceptors (Lipinski definition) is 6. The summed E-state index contributed by atoms with van der Waals surface area (Å²) in [5.74, 6) is -4.28. The Kier molecular flexibility index (Phi) is 8.25. The molecule has 3 amide bonds. The van der Waals surface area contributed by atoms with E-state index in [1.54, 1.807) is 13.8 Å². The van der Waals surface area contributed by atoms with Crippen molar-refractivity contribution in [2.75, 3.05) is 13.2 Å². The molecule has 1 aromatic carbocycles. The molecule has 150 valence electrons. The van der Waals surface area contributed by atoms with E-state index in [-0.39, 0.29) is 6.04 Å². The highest BCUT2D eigenvalue weighted by molar-refractivity contribution is 7.89. The zero-order chi connectivity index (χ0) is 20.6. The first kappa shape index (κ1) is 22.4. The Morgan fingerprint density at radius 2 is 1.81 bits per heavy atom. The molecule has 0 spiro atoms. The summed E-state index contributed by atoms with van der Waals surface area (Å²) >= 11 is 0. The summed E-state index contributed by atoms with van der Waals surface area (Å²) in [6.45, 7) is 2.26. The third kappa shape index (κ3) is 8.09. The highest BCUT2D eigenvalue weighted by atomic mass is 32.2. The molecule has 3 N–H and O–H groups in total. The van der Waals surface area contributed by atoms with Gasteiger partial charge in [-0.3, -0.25) is 14.9 Å². The van der Waals surface area contributed by atoms with Crippen molar-refractivity contribution in [3.63, 3.8) is 0 Å². The van der Waals surface area contributed by atoms with Gasteiger partial charge in [-0.1, -0.05) is 0 Å². The van der Waals surface area contributed by atoms with Crippen molar-refractivity contribution in [3.8, 4) is 0 Å². The Hall–Kier alpha value is -2.60. The van der Waals surface area contributed by atoms with Gasteiger partial charge in [-0.15, -0.1) is 0 Å². The van der Waals surface area contributed by atoms with Crippen LogP contribution in [0.25, 0.3) is 0 Å². The van der Waals surface area contributed by atoms with E-state index in [1.165, 1.54) is 0 Å². The summed E-state index contributed by atoms with van der Waals surface area (Å²) in [4.78, 5) is 33.6. The quantitative estimate of drug-likeness (QED) is 0.535. The maximum Gasteiger partial charge on any atom is 0.321 e. The maximum absolute atomic E-state index is 13.1. The number of carbonyl (C=O) groups excluding carboxylic acids is 3. The van der Waals surface area contributed by atoms with Gasteiger partial charge in [0.2, 0.25) is 10.0 Å². The van der Waals surface area contributed by atoms with E-state index in [0.29, 0.717) is 12.1 Å². The lowest BCUT2D eigenvalue weighted by Gasteiger charge is -2.10. The van der Waals surface area contributed by atoms with Crippen molar-refractivity contribution >= 4 is 27.9 Å². The lowest BCUT2D eigenvalue weighted by atomic mass is 10.3. The summed E-state index contributed by atoms with van der Waals surface area (Å²) in [5, 5.41) is 4.33. The highest BCUT2D eigenvalue weighted by Crippen LogP contribution is 2.13. The second-order valence-corrected chi connectivity index (χ2v) is 7.33. The van der Waals surface area contributed by atoms with Crippen molar-refractivity contribution < 1.29 is 36.3 Å². The third-order valence-corrected chi connectivity index (χ3v) is 4.32. The Morgan fingerprint density at radius 1 is 1.15 bits per heavy atom. The molecule has 1 aromatic rings. The predicted molar refractivity (Wildman–Crippen MR) is 88.9 cm³/mol. The van der Waals surface area contributed by atoms with E-state index in [2.05, 4.69) is 10.1 Å². The maximum atomic E-state index is 13.1. The van der Waals surface area contributed by atoms with Crippen LogP contribution in [-0.2, 0) is 24.3 Å². The highest BCUT2D eigenvalue weighted by Gasteiger charge is 2.17. The number of sulfonamides is 1.